The summed E-state index contributed by atoms with van der Waals surface area (Å²) in [7, 11) is 0. The van der Waals surface area contributed by atoms with E-state index in [2.05, 4.69) is 54.6 Å². The van der Waals surface area contributed by atoms with Crippen molar-refractivity contribution in [2.75, 3.05) is 0 Å². The van der Waals surface area contributed by atoms with Crippen molar-refractivity contribution >= 4 is 72.0 Å². The van der Waals surface area contributed by atoms with Gasteiger partial charge in [-0.1, -0.05) is 66.7 Å². The molecule has 0 aliphatic rings. The number of hydrogen-bond donors (Lipinski definition) is 0. The number of hydrogen-bond acceptors (Lipinski definition) is 5. The van der Waals surface area contributed by atoms with Crippen LogP contribution in [0, 0.1) is 89.5 Å². The first-order chi connectivity index (χ1) is 41.7. The lowest BCUT2D eigenvalue weighted by molar-refractivity contribution is -0.137. The number of fused-ring (bicyclic) bond motifs is 6. The summed E-state index contributed by atoms with van der Waals surface area (Å²) in [6.45, 7) is 39.7. The van der Waals surface area contributed by atoms with Gasteiger partial charge < -0.3 is 9.13 Å². The maximum Gasteiger partial charge on any atom is 0.415 e. The van der Waals surface area contributed by atoms with Crippen molar-refractivity contribution in [3.63, 3.8) is 0 Å². The molecule has 0 aliphatic carbocycles. The van der Waals surface area contributed by atoms with E-state index in [1.54, 1.807) is 81.9 Å². The second-order valence-electron chi connectivity index (χ2n) is 19.9. The SMILES string of the molecule is [C-]#[N+]c1cc(C#N)cc(-c2ccc3c4ccc(-c5cc(C#N)cc([N+]#[C-])c5)cc4n(-c4cc(-c5c([N+]#[C-])cccc5C(F)(F)F)cc(-n5c6cc(-c7cc(C#N)cc([N+]#[C-])c7)ccc6c6ccc(-c7cc(C#N)cc([N+]#[C-])c7)cc65)c4C#N)c3c2)c1. The molecule has 0 saturated carbocycles. The molecule has 10 aromatic carbocycles. The summed E-state index contributed by atoms with van der Waals surface area (Å²) in [6.07, 6.45) is -5.01. The molecular weight excluding hydrogens is 1080 g/mol. The molecule has 0 saturated heterocycles. The highest BCUT2D eigenvalue weighted by Crippen LogP contribution is 2.48. The molecule has 12 nitrogen and oxygen atoms in total. The lowest BCUT2D eigenvalue weighted by Gasteiger charge is -2.21. The van der Waals surface area contributed by atoms with Gasteiger partial charge in [0.05, 0.1) is 96.1 Å². The van der Waals surface area contributed by atoms with Gasteiger partial charge in [0.15, 0.2) is 28.4 Å². The molecule has 0 fully saturated rings. The fraction of sp³-hybridized carbons (Fsp3) is 0.0141. The molecule has 2 aromatic heterocycles. The number of alkyl halides is 3. The van der Waals surface area contributed by atoms with Crippen LogP contribution in [0.25, 0.3) is 135 Å². The van der Waals surface area contributed by atoms with E-state index in [0.717, 1.165) is 12.1 Å². The Morgan fingerprint density at radius 2 is 0.663 bits per heavy atom. The molecule has 0 spiro atoms. The smallest absolute Gasteiger partial charge is 0.308 e. The molecule has 12 rings (SSSR count). The van der Waals surface area contributed by atoms with E-state index >= 15 is 13.2 Å². The zero-order chi connectivity index (χ0) is 60.1. The van der Waals surface area contributed by atoms with Gasteiger partial charge in [-0.2, -0.15) is 39.5 Å². The first-order valence-corrected chi connectivity index (χ1v) is 25.8. The minimum atomic E-state index is -5.01. The summed E-state index contributed by atoms with van der Waals surface area (Å²) in [5, 5.41) is 54.8. The van der Waals surface area contributed by atoms with Gasteiger partial charge in [0.2, 0.25) is 0 Å². The van der Waals surface area contributed by atoms with Crippen molar-refractivity contribution in [3.8, 4) is 97.4 Å². The molecule has 2 heterocycles. The van der Waals surface area contributed by atoms with Crippen molar-refractivity contribution in [2.24, 2.45) is 0 Å². The molecule has 0 bridgehead atoms. The zero-order valence-corrected chi connectivity index (χ0v) is 44.2. The monoisotopic (exact) mass is 1110 g/mol. The summed E-state index contributed by atoms with van der Waals surface area (Å²) in [5.74, 6) is 0. The molecule has 15 heteroatoms. The van der Waals surface area contributed by atoms with Crippen LogP contribution in [0.15, 0.2) is 176 Å². The summed E-state index contributed by atoms with van der Waals surface area (Å²) in [5.41, 5.74) is 5.41. The van der Waals surface area contributed by atoms with Gasteiger partial charge in [0.25, 0.3) is 0 Å². The Labute approximate surface area is 488 Å². The number of nitriles is 5. The zero-order valence-electron chi connectivity index (χ0n) is 44.2. The van der Waals surface area contributed by atoms with Crippen molar-refractivity contribution in [1.82, 2.24) is 9.13 Å². The fourth-order valence-electron chi connectivity index (χ4n) is 11.3. The van der Waals surface area contributed by atoms with Gasteiger partial charge in [0.1, 0.15) is 11.6 Å². The molecule has 0 radical (unpaired) electrons. The van der Waals surface area contributed by atoms with Gasteiger partial charge in [-0.15, -0.1) is 0 Å². The Kier molecular flexibility index (Phi) is 12.9. The lowest BCUT2D eigenvalue weighted by atomic mass is 9.94. The third-order valence-corrected chi connectivity index (χ3v) is 15.0. The predicted molar refractivity (Wildman–Crippen MR) is 322 cm³/mol. The van der Waals surface area contributed by atoms with Gasteiger partial charge in [-0.25, -0.2) is 24.2 Å². The summed E-state index contributed by atoms with van der Waals surface area (Å²) in [6, 6.07) is 57.8. The van der Waals surface area contributed by atoms with E-state index in [1.165, 1.54) is 42.5 Å². The number of benzene rings is 10. The van der Waals surface area contributed by atoms with Gasteiger partial charge in [-0.3, -0.25) is 0 Å². The number of nitrogens with zero attached hydrogens (tertiary/aromatic N) is 12. The normalized spacial score (nSPS) is 10.8. The summed E-state index contributed by atoms with van der Waals surface area (Å²) >= 11 is 0. The number of halogens is 3. The maximum atomic E-state index is 15.7. The first-order valence-electron chi connectivity index (χ1n) is 25.8. The Morgan fingerprint density at radius 3 is 0.930 bits per heavy atom. The maximum absolute atomic E-state index is 15.7. The third kappa shape index (κ3) is 9.00. The second-order valence-corrected chi connectivity index (χ2v) is 19.9. The summed E-state index contributed by atoms with van der Waals surface area (Å²) in [4.78, 5) is 18.1. The first kappa shape index (κ1) is 53.1. The third-order valence-electron chi connectivity index (χ3n) is 15.0. The van der Waals surface area contributed by atoms with Crippen LogP contribution < -0.4 is 0 Å². The van der Waals surface area contributed by atoms with Gasteiger partial charge in [-0.05, 0) is 165 Å². The minimum Gasteiger partial charge on any atom is -0.308 e. The molecule has 0 unspecified atom stereocenters. The minimum absolute atomic E-state index is 0.0524. The van der Waals surface area contributed by atoms with Crippen LogP contribution in [0.3, 0.4) is 0 Å². The Balaban J connectivity index is 1.29. The summed E-state index contributed by atoms with van der Waals surface area (Å²) < 4.78 is 50.6. The predicted octanol–water partition coefficient (Wildman–Crippen LogP) is 19.3. The largest absolute Gasteiger partial charge is 0.415 e. The fourth-order valence-corrected chi connectivity index (χ4v) is 11.3. The molecular formula is C71H29F3N12. The highest BCUT2D eigenvalue weighted by molar-refractivity contribution is 6.14. The van der Waals surface area contributed by atoms with Crippen LogP contribution in [-0.2, 0) is 6.18 Å². The molecule has 0 aliphatic heterocycles. The van der Waals surface area contributed by atoms with Crippen LogP contribution in [0.4, 0.5) is 41.6 Å². The average Bonchev–Trinajstić information content (AvgIpc) is 1.71. The molecule has 0 N–H and O–H groups in total. The van der Waals surface area contributed by atoms with E-state index in [4.69, 9.17) is 32.9 Å². The quantitative estimate of drug-likeness (QED) is 0.146. The van der Waals surface area contributed by atoms with Gasteiger partial charge >= 0.3 is 6.18 Å². The van der Waals surface area contributed by atoms with Crippen LogP contribution >= 0.6 is 0 Å². The molecule has 0 amide bonds. The van der Waals surface area contributed by atoms with Crippen LogP contribution in [-0.4, -0.2) is 9.13 Å². The number of aromatic nitrogens is 2. The molecule has 394 valence electrons. The molecule has 86 heavy (non-hydrogen) atoms. The van der Waals surface area contributed by atoms with Crippen LogP contribution in [0.2, 0.25) is 0 Å². The lowest BCUT2D eigenvalue weighted by Crippen LogP contribution is -2.09. The van der Waals surface area contributed by atoms with E-state index in [9.17, 15) is 26.3 Å². The highest BCUT2D eigenvalue weighted by atomic mass is 19.4. The number of rotatable bonds is 7. The van der Waals surface area contributed by atoms with Gasteiger partial charge in [0, 0.05) is 43.8 Å². The van der Waals surface area contributed by atoms with Crippen molar-refractivity contribution in [3.05, 3.63) is 266 Å². The second kappa shape index (κ2) is 20.9. The van der Waals surface area contributed by atoms with E-state index < -0.39 is 17.3 Å². The van der Waals surface area contributed by atoms with E-state index in [1.807, 2.05) is 48.5 Å². The molecule has 0 atom stereocenters. The molecule has 12 aromatic rings. The Morgan fingerprint density at radius 1 is 0.337 bits per heavy atom. The van der Waals surface area contributed by atoms with Crippen molar-refractivity contribution in [2.45, 2.75) is 6.18 Å². The highest BCUT2D eigenvalue weighted by Gasteiger charge is 2.36. The average molecular weight is 1110 g/mol. The van der Waals surface area contributed by atoms with E-state index in [0.29, 0.717) is 88.1 Å². The van der Waals surface area contributed by atoms with E-state index in [-0.39, 0.29) is 73.2 Å². The van der Waals surface area contributed by atoms with Crippen molar-refractivity contribution < 1.29 is 13.2 Å². The van der Waals surface area contributed by atoms with Crippen LogP contribution in [0.5, 0.6) is 0 Å². The van der Waals surface area contributed by atoms with Crippen molar-refractivity contribution in [1.29, 1.82) is 26.3 Å². The standard InChI is InChI=1S/C71H29F3N12/c1-80-53-21-40(35-75)17-48(25-53)44-9-13-57-58-14-10-45(49-18-41(36-76)22-54(26-49)81-2)30-65(58)85(64(57)29-44)68-33-52(70-62(71(72,73)74)7-6-8-63(70)84-5)34-69(61(68)39-79)86-66-31-46(50-19-42(37-77)23-55(27-50)82-3)11-15-59(66)60-16-12-47(32-67(60)86)51-20-43(38-78)24-56(28-51)83-4/h6-34H. The Hall–Kier alpha value is -13.5. The van der Waals surface area contributed by atoms with Crippen LogP contribution in [0.1, 0.15) is 33.4 Å². The Bertz CT molecular complexity index is 4800. The topological polar surface area (TPSA) is 151 Å².